The molecule has 1 aliphatic rings. The van der Waals surface area contributed by atoms with Crippen LogP contribution in [0, 0.1) is 11.3 Å². The van der Waals surface area contributed by atoms with E-state index < -0.39 is 0 Å². The quantitative estimate of drug-likeness (QED) is 0.723. The first-order valence-corrected chi connectivity index (χ1v) is 8.81. The first-order chi connectivity index (χ1) is 9.87. The zero-order valence-corrected chi connectivity index (χ0v) is 15.3. The van der Waals surface area contributed by atoms with E-state index in [0.29, 0.717) is 0 Å². The maximum Gasteiger partial charge on any atom is 0.125 e. The molecule has 0 saturated heterocycles. The van der Waals surface area contributed by atoms with Crippen molar-refractivity contribution in [1.29, 1.82) is 0 Å². The van der Waals surface area contributed by atoms with Crippen LogP contribution >= 0.6 is 15.9 Å². The highest BCUT2D eigenvalue weighted by Gasteiger charge is 2.24. The van der Waals surface area contributed by atoms with Crippen LogP contribution in [0.5, 0.6) is 5.75 Å². The molecule has 1 N–H and O–H groups in total. The molecule has 3 heteroatoms. The van der Waals surface area contributed by atoms with Gasteiger partial charge in [0.25, 0.3) is 0 Å². The Kier molecular flexibility index (Phi) is 5.73. The minimum absolute atomic E-state index is 0.282. The lowest BCUT2D eigenvalue weighted by Crippen LogP contribution is -2.26. The molecular formula is C18H28BrNO. The van der Waals surface area contributed by atoms with Crippen molar-refractivity contribution in [2.24, 2.45) is 11.3 Å². The van der Waals surface area contributed by atoms with E-state index in [-0.39, 0.29) is 5.41 Å². The van der Waals surface area contributed by atoms with Gasteiger partial charge in [-0.1, -0.05) is 43.6 Å². The highest BCUT2D eigenvalue weighted by atomic mass is 79.9. The fourth-order valence-electron chi connectivity index (χ4n) is 2.90. The summed E-state index contributed by atoms with van der Waals surface area (Å²) in [5.41, 5.74) is 2.99. The second kappa shape index (κ2) is 7.15. The molecule has 2 nitrogen and oxygen atoms in total. The number of hydrogen-bond donors (Lipinski definition) is 1. The van der Waals surface area contributed by atoms with Crippen LogP contribution in [0.2, 0.25) is 0 Å². The van der Waals surface area contributed by atoms with Crippen LogP contribution in [0.15, 0.2) is 16.6 Å². The van der Waals surface area contributed by atoms with Gasteiger partial charge in [-0.2, -0.15) is 0 Å². The van der Waals surface area contributed by atoms with Crippen LogP contribution in [-0.4, -0.2) is 19.7 Å². The minimum atomic E-state index is 0.282. The van der Waals surface area contributed by atoms with E-state index in [2.05, 4.69) is 61.1 Å². The van der Waals surface area contributed by atoms with Crippen LogP contribution in [0.1, 0.15) is 45.2 Å². The lowest BCUT2D eigenvalue weighted by Gasteiger charge is -2.26. The lowest BCUT2D eigenvalue weighted by atomic mass is 9.82. The Bertz CT molecular complexity index is 482. The van der Waals surface area contributed by atoms with Gasteiger partial charge < -0.3 is 10.1 Å². The molecule has 0 aromatic heterocycles. The van der Waals surface area contributed by atoms with Crippen LogP contribution in [0.3, 0.4) is 0 Å². The predicted molar refractivity (Wildman–Crippen MR) is 93.2 cm³/mol. The minimum Gasteiger partial charge on any atom is -0.493 e. The maximum atomic E-state index is 5.85. The van der Waals surface area contributed by atoms with Gasteiger partial charge >= 0.3 is 0 Å². The molecule has 0 unspecified atom stereocenters. The van der Waals surface area contributed by atoms with E-state index in [1.54, 1.807) is 0 Å². The van der Waals surface area contributed by atoms with E-state index >= 15 is 0 Å². The lowest BCUT2D eigenvalue weighted by molar-refractivity contribution is 0.309. The van der Waals surface area contributed by atoms with Crippen LogP contribution < -0.4 is 10.1 Å². The maximum absolute atomic E-state index is 5.85. The first kappa shape index (κ1) is 16.8. The molecule has 2 rings (SSSR count). The van der Waals surface area contributed by atoms with E-state index in [4.69, 9.17) is 4.74 Å². The van der Waals surface area contributed by atoms with Crippen molar-refractivity contribution in [1.82, 2.24) is 5.32 Å². The van der Waals surface area contributed by atoms with Crippen molar-refractivity contribution in [2.75, 3.05) is 19.7 Å². The fraction of sp³-hybridized carbons (Fsp3) is 0.667. The van der Waals surface area contributed by atoms with Crippen molar-refractivity contribution in [2.45, 2.75) is 47.0 Å². The van der Waals surface area contributed by atoms with Crippen molar-refractivity contribution in [3.63, 3.8) is 0 Å². The molecule has 0 atom stereocenters. The molecule has 0 saturated carbocycles. The second-order valence-electron chi connectivity index (χ2n) is 7.34. The molecule has 0 amide bonds. The van der Waals surface area contributed by atoms with Gasteiger partial charge in [-0.25, -0.2) is 0 Å². The van der Waals surface area contributed by atoms with Crippen molar-refractivity contribution in [3.8, 4) is 5.75 Å². The average Bonchev–Trinajstić information content (AvgIpc) is 2.82. The SMILES string of the molecule is CC(C)CNCCC(C)(C)Cc1cc(Br)cc2c1OCC2. The normalized spacial score (nSPS) is 14.4. The Morgan fingerprint density at radius 1 is 1.33 bits per heavy atom. The molecule has 0 bridgehead atoms. The highest BCUT2D eigenvalue weighted by Crippen LogP contribution is 2.37. The third kappa shape index (κ3) is 5.00. The number of halogens is 1. The van der Waals surface area contributed by atoms with Crippen molar-refractivity contribution >= 4 is 15.9 Å². The highest BCUT2D eigenvalue weighted by molar-refractivity contribution is 9.10. The summed E-state index contributed by atoms with van der Waals surface area (Å²) in [6.07, 6.45) is 3.29. The third-order valence-corrected chi connectivity index (χ3v) is 4.48. The summed E-state index contributed by atoms with van der Waals surface area (Å²) < 4.78 is 7.03. The average molecular weight is 354 g/mol. The van der Waals surface area contributed by atoms with Crippen molar-refractivity contribution in [3.05, 3.63) is 27.7 Å². The summed E-state index contributed by atoms with van der Waals surface area (Å²) in [6, 6.07) is 4.43. The topological polar surface area (TPSA) is 21.3 Å². The van der Waals surface area contributed by atoms with Gasteiger partial charge in [-0.15, -0.1) is 0 Å². The molecule has 1 heterocycles. The number of ether oxygens (including phenoxy) is 1. The van der Waals surface area contributed by atoms with E-state index in [1.807, 2.05) is 0 Å². The second-order valence-corrected chi connectivity index (χ2v) is 8.26. The fourth-order valence-corrected chi connectivity index (χ4v) is 3.45. The smallest absolute Gasteiger partial charge is 0.125 e. The molecule has 118 valence electrons. The number of rotatable bonds is 7. The number of benzene rings is 1. The van der Waals surface area contributed by atoms with Gasteiger partial charge in [-0.05, 0) is 60.5 Å². The Morgan fingerprint density at radius 2 is 2.10 bits per heavy atom. The standard InChI is InChI=1S/C18H28BrNO/c1-13(2)12-20-7-6-18(3,4)11-15-10-16(19)9-14-5-8-21-17(14)15/h9-10,13,20H,5-8,11-12H2,1-4H3. The first-order valence-electron chi connectivity index (χ1n) is 8.02. The zero-order chi connectivity index (χ0) is 15.5. The molecule has 21 heavy (non-hydrogen) atoms. The van der Waals surface area contributed by atoms with Crippen LogP contribution in [0.4, 0.5) is 0 Å². The molecular weight excluding hydrogens is 326 g/mol. The summed E-state index contributed by atoms with van der Waals surface area (Å²) in [5.74, 6) is 1.86. The van der Waals surface area contributed by atoms with Gasteiger partial charge in [0, 0.05) is 10.9 Å². The third-order valence-electron chi connectivity index (χ3n) is 4.03. The van der Waals surface area contributed by atoms with E-state index in [9.17, 15) is 0 Å². The van der Waals surface area contributed by atoms with E-state index in [0.717, 1.165) is 44.2 Å². The molecule has 1 aliphatic heterocycles. The molecule has 1 aromatic carbocycles. The summed E-state index contributed by atoms with van der Waals surface area (Å²) in [4.78, 5) is 0. The zero-order valence-electron chi connectivity index (χ0n) is 13.8. The van der Waals surface area contributed by atoms with Crippen molar-refractivity contribution < 1.29 is 4.74 Å². The summed E-state index contributed by atoms with van der Waals surface area (Å²) in [5, 5.41) is 3.55. The van der Waals surface area contributed by atoms with Crippen LogP contribution in [0.25, 0.3) is 0 Å². The van der Waals surface area contributed by atoms with E-state index in [1.165, 1.54) is 22.0 Å². The monoisotopic (exact) mass is 353 g/mol. The molecule has 1 aromatic rings. The molecule has 0 radical (unpaired) electrons. The Morgan fingerprint density at radius 3 is 2.81 bits per heavy atom. The van der Waals surface area contributed by atoms with Gasteiger partial charge in [0.2, 0.25) is 0 Å². The Labute approximate surface area is 137 Å². The van der Waals surface area contributed by atoms with Gasteiger partial charge in [0.15, 0.2) is 0 Å². The van der Waals surface area contributed by atoms with Gasteiger partial charge in [0.05, 0.1) is 6.61 Å². The number of fused-ring (bicyclic) bond motifs is 1. The van der Waals surface area contributed by atoms with Crippen LogP contribution in [-0.2, 0) is 12.8 Å². The van der Waals surface area contributed by atoms with Gasteiger partial charge in [-0.3, -0.25) is 0 Å². The number of nitrogens with one attached hydrogen (secondary N) is 1. The van der Waals surface area contributed by atoms with Gasteiger partial charge in [0.1, 0.15) is 5.75 Å². The number of hydrogen-bond acceptors (Lipinski definition) is 2. The predicted octanol–water partition coefficient (Wildman–Crippen LogP) is 4.59. The Hall–Kier alpha value is -0.540. The molecule has 0 fully saturated rings. The molecule has 0 spiro atoms. The summed E-state index contributed by atoms with van der Waals surface area (Å²) >= 11 is 3.64. The Balaban J connectivity index is 1.97. The summed E-state index contributed by atoms with van der Waals surface area (Å²) in [6.45, 7) is 12.2. The molecule has 0 aliphatic carbocycles. The largest absolute Gasteiger partial charge is 0.493 e. The summed E-state index contributed by atoms with van der Waals surface area (Å²) in [7, 11) is 0.